The highest BCUT2D eigenvalue weighted by Gasteiger charge is 2.15. The van der Waals surface area contributed by atoms with Gasteiger partial charge in [0.25, 0.3) is 0 Å². The number of rotatable bonds is 6. The Labute approximate surface area is 128 Å². The Balaban J connectivity index is 2.13. The molecule has 2 rings (SSSR count). The Hall–Kier alpha value is -1.01. The number of aromatic nitrogens is 3. The van der Waals surface area contributed by atoms with Crippen LogP contribution in [0.1, 0.15) is 38.4 Å². The first kappa shape index (κ1) is 15.4. The molecular weight excluding hydrogens is 288 g/mol. The van der Waals surface area contributed by atoms with Gasteiger partial charge in [-0.3, -0.25) is 0 Å². The van der Waals surface area contributed by atoms with Crippen LogP contribution in [-0.4, -0.2) is 21.7 Å². The van der Waals surface area contributed by atoms with Crippen LogP contribution in [0.2, 0.25) is 0 Å². The molecule has 20 heavy (non-hydrogen) atoms. The van der Waals surface area contributed by atoms with Gasteiger partial charge < -0.3 is 5.32 Å². The smallest absolute Gasteiger partial charge is 0.206 e. The van der Waals surface area contributed by atoms with Gasteiger partial charge in [-0.05, 0) is 18.8 Å². The van der Waals surface area contributed by atoms with Gasteiger partial charge in [-0.25, -0.2) is 4.98 Å². The molecule has 0 saturated carbocycles. The monoisotopic (exact) mass is 310 g/mol. The lowest BCUT2D eigenvalue weighted by atomic mass is 10.1. The first-order valence-corrected chi connectivity index (χ1v) is 8.63. The highest BCUT2D eigenvalue weighted by atomic mass is 32.1. The van der Waals surface area contributed by atoms with E-state index < -0.39 is 0 Å². The fourth-order valence-electron chi connectivity index (χ4n) is 1.77. The van der Waals surface area contributed by atoms with Gasteiger partial charge in [-0.2, -0.15) is 0 Å². The molecule has 1 N–H and O–H groups in total. The maximum Gasteiger partial charge on any atom is 0.206 e. The zero-order valence-electron chi connectivity index (χ0n) is 12.7. The first-order chi connectivity index (χ1) is 9.45. The number of aryl methyl sites for hydroxylation is 1. The van der Waals surface area contributed by atoms with Crippen molar-refractivity contribution in [3.05, 3.63) is 10.7 Å². The van der Waals surface area contributed by atoms with E-state index in [9.17, 15) is 0 Å². The summed E-state index contributed by atoms with van der Waals surface area (Å²) < 4.78 is 0. The average molecular weight is 310 g/mol. The van der Waals surface area contributed by atoms with E-state index in [4.69, 9.17) is 0 Å². The predicted octanol–water partition coefficient (Wildman–Crippen LogP) is 4.24. The van der Waals surface area contributed by atoms with Crippen molar-refractivity contribution in [2.45, 2.75) is 41.0 Å². The fourth-order valence-corrected chi connectivity index (χ4v) is 3.91. The summed E-state index contributed by atoms with van der Waals surface area (Å²) in [6.45, 7) is 11.8. The van der Waals surface area contributed by atoms with Gasteiger partial charge in [0.15, 0.2) is 5.01 Å². The SMILES string of the molecule is Cc1nc(CC(C)C)sc1-c1nnc(NCC(C)C)s1. The molecule has 0 aliphatic carbocycles. The van der Waals surface area contributed by atoms with E-state index in [1.807, 2.05) is 0 Å². The highest BCUT2D eigenvalue weighted by molar-refractivity contribution is 7.23. The summed E-state index contributed by atoms with van der Waals surface area (Å²) in [5.74, 6) is 1.23. The van der Waals surface area contributed by atoms with E-state index in [2.05, 4.69) is 55.1 Å². The van der Waals surface area contributed by atoms with Gasteiger partial charge in [-0.1, -0.05) is 39.0 Å². The average Bonchev–Trinajstić information content (AvgIpc) is 2.92. The second-order valence-electron chi connectivity index (χ2n) is 5.81. The first-order valence-electron chi connectivity index (χ1n) is 6.99. The molecule has 0 fully saturated rings. The second-order valence-corrected chi connectivity index (χ2v) is 7.87. The van der Waals surface area contributed by atoms with Crippen LogP contribution in [0.5, 0.6) is 0 Å². The van der Waals surface area contributed by atoms with E-state index in [0.717, 1.165) is 33.7 Å². The predicted molar refractivity (Wildman–Crippen MR) is 87.6 cm³/mol. The minimum atomic E-state index is 0.602. The second kappa shape index (κ2) is 6.63. The van der Waals surface area contributed by atoms with Crippen molar-refractivity contribution in [3.63, 3.8) is 0 Å². The van der Waals surface area contributed by atoms with Gasteiger partial charge in [-0.15, -0.1) is 21.5 Å². The van der Waals surface area contributed by atoms with Crippen LogP contribution < -0.4 is 5.32 Å². The van der Waals surface area contributed by atoms with Crippen LogP contribution in [0.4, 0.5) is 5.13 Å². The molecule has 0 aliphatic heterocycles. The fraction of sp³-hybridized carbons (Fsp3) is 0.643. The topological polar surface area (TPSA) is 50.7 Å². The van der Waals surface area contributed by atoms with Crippen molar-refractivity contribution < 1.29 is 0 Å². The van der Waals surface area contributed by atoms with Crippen molar-refractivity contribution in [2.75, 3.05) is 11.9 Å². The van der Waals surface area contributed by atoms with E-state index in [1.165, 1.54) is 5.01 Å². The Morgan fingerprint density at radius 3 is 2.45 bits per heavy atom. The van der Waals surface area contributed by atoms with Gasteiger partial charge in [0.2, 0.25) is 5.13 Å². The number of nitrogens with zero attached hydrogens (tertiary/aromatic N) is 3. The zero-order valence-corrected chi connectivity index (χ0v) is 14.4. The summed E-state index contributed by atoms with van der Waals surface area (Å²) in [5, 5.41) is 14.9. The highest BCUT2D eigenvalue weighted by Crippen LogP contribution is 2.34. The molecule has 0 spiro atoms. The maximum absolute atomic E-state index is 4.65. The summed E-state index contributed by atoms with van der Waals surface area (Å²) >= 11 is 3.36. The Bertz CT molecular complexity index is 557. The third kappa shape index (κ3) is 3.99. The summed E-state index contributed by atoms with van der Waals surface area (Å²) in [4.78, 5) is 5.81. The van der Waals surface area contributed by atoms with Crippen molar-refractivity contribution >= 4 is 27.8 Å². The van der Waals surface area contributed by atoms with Crippen LogP contribution in [-0.2, 0) is 6.42 Å². The molecule has 0 aliphatic rings. The summed E-state index contributed by atoms with van der Waals surface area (Å²) in [7, 11) is 0. The molecule has 4 nitrogen and oxygen atoms in total. The molecule has 2 aromatic heterocycles. The van der Waals surface area contributed by atoms with E-state index in [1.54, 1.807) is 22.7 Å². The van der Waals surface area contributed by atoms with Crippen LogP contribution >= 0.6 is 22.7 Å². The van der Waals surface area contributed by atoms with E-state index in [0.29, 0.717) is 11.8 Å². The zero-order chi connectivity index (χ0) is 14.7. The molecule has 0 saturated heterocycles. The lowest BCUT2D eigenvalue weighted by molar-refractivity contribution is 0.643. The van der Waals surface area contributed by atoms with Crippen molar-refractivity contribution in [1.82, 2.24) is 15.2 Å². The molecule has 0 radical (unpaired) electrons. The largest absolute Gasteiger partial charge is 0.360 e. The number of thiazole rings is 1. The molecule has 110 valence electrons. The van der Waals surface area contributed by atoms with Gasteiger partial charge >= 0.3 is 0 Å². The molecule has 0 bridgehead atoms. The molecule has 2 aromatic rings. The minimum Gasteiger partial charge on any atom is -0.360 e. The van der Waals surface area contributed by atoms with Gasteiger partial charge in [0.1, 0.15) is 0 Å². The van der Waals surface area contributed by atoms with E-state index in [-0.39, 0.29) is 0 Å². The normalized spacial score (nSPS) is 11.6. The molecule has 6 heteroatoms. The van der Waals surface area contributed by atoms with Crippen LogP contribution in [0, 0.1) is 18.8 Å². The quantitative estimate of drug-likeness (QED) is 0.867. The Morgan fingerprint density at radius 1 is 1.05 bits per heavy atom. The third-order valence-corrected chi connectivity index (χ3v) is 4.92. The van der Waals surface area contributed by atoms with Gasteiger partial charge in [0.05, 0.1) is 15.6 Å². The summed E-state index contributed by atoms with van der Waals surface area (Å²) in [5.41, 5.74) is 1.07. The molecule has 0 aromatic carbocycles. The number of nitrogens with one attached hydrogen (secondary N) is 1. The summed E-state index contributed by atoms with van der Waals surface area (Å²) in [6.07, 6.45) is 1.03. The molecule has 0 atom stereocenters. The van der Waals surface area contributed by atoms with E-state index >= 15 is 0 Å². The summed E-state index contributed by atoms with van der Waals surface area (Å²) in [6, 6.07) is 0. The molecule has 2 heterocycles. The molecule has 0 amide bonds. The lowest BCUT2D eigenvalue weighted by Crippen LogP contribution is -2.07. The Kier molecular flexibility index (Phi) is 5.10. The van der Waals surface area contributed by atoms with Gasteiger partial charge in [0, 0.05) is 13.0 Å². The molecular formula is C14H22N4S2. The standard InChI is InChI=1S/C14H22N4S2/c1-8(2)6-11-16-10(5)12(19-11)13-17-18-14(20-13)15-7-9(3)4/h8-9H,6-7H2,1-5H3,(H,15,18). The lowest BCUT2D eigenvalue weighted by Gasteiger charge is -2.03. The minimum absolute atomic E-state index is 0.602. The van der Waals surface area contributed by atoms with Crippen molar-refractivity contribution in [1.29, 1.82) is 0 Å². The third-order valence-electron chi connectivity index (χ3n) is 2.70. The van der Waals surface area contributed by atoms with Crippen molar-refractivity contribution in [3.8, 4) is 9.88 Å². The number of hydrogen-bond donors (Lipinski definition) is 1. The van der Waals surface area contributed by atoms with Crippen molar-refractivity contribution in [2.24, 2.45) is 11.8 Å². The van der Waals surface area contributed by atoms with Crippen LogP contribution in [0.3, 0.4) is 0 Å². The van der Waals surface area contributed by atoms with Crippen LogP contribution in [0.15, 0.2) is 0 Å². The maximum atomic E-state index is 4.65. The number of anilines is 1. The molecule has 0 unspecified atom stereocenters. The number of hydrogen-bond acceptors (Lipinski definition) is 6. The Morgan fingerprint density at radius 2 is 1.80 bits per heavy atom. The van der Waals surface area contributed by atoms with Crippen LogP contribution in [0.25, 0.3) is 9.88 Å².